The number of nitrogens with zero attached hydrogens (tertiary/aromatic N) is 3. The van der Waals surface area contributed by atoms with Crippen molar-refractivity contribution in [3.05, 3.63) is 71.6 Å². The number of fused-ring (bicyclic) bond motifs is 1. The third kappa shape index (κ3) is 2.87. The number of aryl methyl sites for hydroxylation is 1. The molecule has 2 aromatic heterocycles. The largest absolute Gasteiger partial charge is 0.335 e. The lowest BCUT2D eigenvalue weighted by molar-refractivity contribution is 0.0772. The van der Waals surface area contributed by atoms with Crippen LogP contribution in [0.1, 0.15) is 22.3 Å². The molecule has 132 valence electrons. The molecule has 6 heteroatoms. The van der Waals surface area contributed by atoms with Crippen molar-refractivity contribution in [1.82, 2.24) is 14.5 Å². The first kappa shape index (κ1) is 16.4. The Bertz CT molecular complexity index is 1020. The van der Waals surface area contributed by atoms with Crippen LogP contribution in [0, 0.1) is 11.6 Å². The number of carbonyl (C=O) groups is 1. The average Bonchev–Trinajstić information content (AvgIpc) is 2.98. The lowest BCUT2D eigenvalue weighted by Crippen LogP contribution is -2.34. The quantitative estimate of drug-likeness (QED) is 0.703. The minimum absolute atomic E-state index is 0.0358. The molecule has 4 rings (SSSR count). The van der Waals surface area contributed by atoms with Gasteiger partial charge in [-0.1, -0.05) is 6.08 Å². The summed E-state index contributed by atoms with van der Waals surface area (Å²) in [6, 6.07) is 6.84. The summed E-state index contributed by atoms with van der Waals surface area (Å²) >= 11 is 0. The monoisotopic (exact) mass is 353 g/mol. The van der Waals surface area contributed by atoms with Gasteiger partial charge in [-0.15, -0.1) is 0 Å². The summed E-state index contributed by atoms with van der Waals surface area (Å²) in [5, 5.41) is 1.08. The molecule has 1 amide bonds. The highest BCUT2D eigenvalue weighted by molar-refractivity contribution is 5.96. The number of pyridine rings is 1. The molecule has 0 unspecified atom stereocenters. The van der Waals surface area contributed by atoms with Crippen molar-refractivity contribution in [2.45, 2.75) is 6.42 Å². The van der Waals surface area contributed by atoms with Gasteiger partial charge in [-0.25, -0.2) is 13.8 Å². The van der Waals surface area contributed by atoms with Gasteiger partial charge in [0.1, 0.15) is 17.3 Å². The SMILES string of the molecule is Cn1cc(C2=CCN(C(=O)c3cc(F)cc(F)c3)CC2)c2cccnc21. The smallest absolute Gasteiger partial charge is 0.254 e. The first-order valence-electron chi connectivity index (χ1n) is 8.38. The average molecular weight is 353 g/mol. The van der Waals surface area contributed by atoms with Crippen LogP contribution in [0.15, 0.2) is 48.8 Å². The highest BCUT2D eigenvalue weighted by Gasteiger charge is 2.22. The Morgan fingerprint density at radius 3 is 2.65 bits per heavy atom. The molecular formula is C20H17F2N3O. The minimum Gasteiger partial charge on any atom is -0.335 e. The van der Waals surface area contributed by atoms with Crippen LogP contribution in [0.3, 0.4) is 0 Å². The third-order valence-corrected chi connectivity index (χ3v) is 4.69. The highest BCUT2D eigenvalue weighted by atomic mass is 19.1. The second-order valence-corrected chi connectivity index (χ2v) is 6.42. The van der Waals surface area contributed by atoms with E-state index in [0.29, 0.717) is 19.5 Å². The maximum atomic E-state index is 13.4. The van der Waals surface area contributed by atoms with Crippen molar-refractivity contribution in [2.24, 2.45) is 7.05 Å². The van der Waals surface area contributed by atoms with Gasteiger partial charge in [0.15, 0.2) is 0 Å². The number of halogens is 2. The summed E-state index contributed by atoms with van der Waals surface area (Å²) in [7, 11) is 1.95. The molecule has 0 saturated heterocycles. The number of amides is 1. The maximum Gasteiger partial charge on any atom is 0.254 e. The van der Waals surface area contributed by atoms with Crippen LogP contribution in [0.2, 0.25) is 0 Å². The Morgan fingerprint density at radius 1 is 1.19 bits per heavy atom. The Labute approximate surface area is 149 Å². The van der Waals surface area contributed by atoms with E-state index in [2.05, 4.69) is 4.98 Å². The summed E-state index contributed by atoms with van der Waals surface area (Å²) in [5.74, 6) is -1.85. The van der Waals surface area contributed by atoms with Gasteiger partial charge in [0.05, 0.1) is 0 Å². The van der Waals surface area contributed by atoms with Crippen LogP contribution in [-0.4, -0.2) is 33.4 Å². The van der Waals surface area contributed by atoms with E-state index in [1.807, 2.05) is 36.0 Å². The predicted molar refractivity (Wildman–Crippen MR) is 95.6 cm³/mol. The first-order chi connectivity index (χ1) is 12.5. The van der Waals surface area contributed by atoms with Gasteiger partial charge < -0.3 is 9.47 Å². The zero-order valence-electron chi connectivity index (χ0n) is 14.2. The molecule has 3 aromatic rings. The van der Waals surface area contributed by atoms with Crippen molar-refractivity contribution in [1.29, 1.82) is 0 Å². The zero-order chi connectivity index (χ0) is 18.3. The summed E-state index contributed by atoms with van der Waals surface area (Å²) in [4.78, 5) is 18.5. The van der Waals surface area contributed by atoms with Crippen molar-refractivity contribution in [3.8, 4) is 0 Å². The molecule has 0 fully saturated rings. The van der Waals surface area contributed by atoms with Gasteiger partial charge in [-0.3, -0.25) is 4.79 Å². The third-order valence-electron chi connectivity index (χ3n) is 4.69. The molecule has 4 nitrogen and oxygen atoms in total. The van der Waals surface area contributed by atoms with Gasteiger partial charge in [-0.05, 0) is 36.3 Å². The van der Waals surface area contributed by atoms with Crippen LogP contribution >= 0.6 is 0 Å². The van der Waals surface area contributed by atoms with Crippen molar-refractivity contribution in [2.75, 3.05) is 13.1 Å². The minimum atomic E-state index is -0.746. The van der Waals surface area contributed by atoms with E-state index in [1.54, 1.807) is 11.1 Å². The Balaban J connectivity index is 1.59. The number of hydrogen-bond donors (Lipinski definition) is 0. The Kier molecular flexibility index (Phi) is 4.03. The Morgan fingerprint density at radius 2 is 1.96 bits per heavy atom. The molecule has 26 heavy (non-hydrogen) atoms. The van der Waals surface area contributed by atoms with E-state index in [9.17, 15) is 13.6 Å². The van der Waals surface area contributed by atoms with E-state index in [0.717, 1.165) is 40.4 Å². The summed E-state index contributed by atoms with van der Waals surface area (Å²) in [6.07, 6.45) is 6.49. The normalized spacial score (nSPS) is 14.6. The van der Waals surface area contributed by atoms with Gasteiger partial charge >= 0.3 is 0 Å². The molecule has 0 spiro atoms. The van der Waals surface area contributed by atoms with Crippen LogP contribution in [0.5, 0.6) is 0 Å². The second-order valence-electron chi connectivity index (χ2n) is 6.42. The molecule has 1 aliphatic rings. The first-order valence-corrected chi connectivity index (χ1v) is 8.38. The number of hydrogen-bond acceptors (Lipinski definition) is 2. The molecule has 0 atom stereocenters. The molecule has 3 heterocycles. The molecule has 0 radical (unpaired) electrons. The van der Waals surface area contributed by atoms with Crippen LogP contribution in [0.25, 0.3) is 16.6 Å². The van der Waals surface area contributed by atoms with E-state index in [1.165, 1.54) is 0 Å². The standard InChI is InChI=1S/C20H17F2N3O/c1-24-12-18(17-3-2-6-23-19(17)24)13-4-7-25(8-5-13)20(26)14-9-15(21)11-16(22)10-14/h2-4,6,9-12H,5,7-8H2,1H3. The van der Waals surface area contributed by atoms with E-state index < -0.39 is 11.6 Å². The van der Waals surface area contributed by atoms with Gasteiger partial charge in [0, 0.05) is 55.1 Å². The lowest BCUT2D eigenvalue weighted by atomic mass is 9.99. The van der Waals surface area contributed by atoms with Crippen molar-refractivity contribution in [3.63, 3.8) is 0 Å². The van der Waals surface area contributed by atoms with Crippen LogP contribution in [0.4, 0.5) is 8.78 Å². The number of carbonyl (C=O) groups excluding carboxylic acids is 1. The second kappa shape index (κ2) is 6.37. The number of rotatable bonds is 2. The molecule has 0 aliphatic carbocycles. The summed E-state index contributed by atoms with van der Waals surface area (Å²) < 4.78 is 28.7. The fourth-order valence-electron chi connectivity index (χ4n) is 3.43. The van der Waals surface area contributed by atoms with Crippen LogP contribution < -0.4 is 0 Å². The van der Waals surface area contributed by atoms with Crippen molar-refractivity contribution >= 4 is 22.5 Å². The fourth-order valence-corrected chi connectivity index (χ4v) is 3.43. The van der Waals surface area contributed by atoms with Gasteiger partial charge in [0.2, 0.25) is 0 Å². The molecule has 0 N–H and O–H groups in total. The Hall–Kier alpha value is -3.02. The molecule has 0 saturated carbocycles. The molecular weight excluding hydrogens is 336 g/mol. The van der Waals surface area contributed by atoms with Crippen molar-refractivity contribution < 1.29 is 13.6 Å². The van der Waals surface area contributed by atoms with E-state index in [-0.39, 0.29) is 11.5 Å². The highest BCUT2D eigenvalue weighted by Crippen LogP contribution is 2.30. The van der Waals surface area contributed by atoms with Crippen LogP contribution in [-0.2, 0) is 7.05 Å². The molecule has 1 aromatic carbocycles. The van der Waals surface area contributed by atoms with E-state index in [4.69, 9.17) is 0 Å². The number of benzene rings is 1. The van der Waals surface area contributed by atoms with Gasteiger partial charge in [-0.2, -0.15) is 0 Å². The molecule has 1 aliphatic heterocycles. The predicted octanol–water partition coefficient (Wildman–Crippen LogP) is 3.78. The zero-order valence-corrected chi connectivity index (χ0v) is 14.2. The summed E-state index contributed by atoms with van der Waals surface area (Å²) in [5.41, 5.74) is 3.21. The topological polar surface area (TPSA) is 38.1 Å². The lowest BCUT2D eigenvalue weighted by Gasteiger charge is -2.26. The van der Waals surface area contributed by atoms with Gasteiger partial charge in [0.25, 0.3) is 5.91 Å². The number of aromatic nitrogens is 2. The summed E-state index contributed by atoms with van der Waals surface area (Å²) in [6.45, 7) is 0.905. The molecule has 0 bridgehead atoms. The maximum absolute atomic E-state index is 13.4. The van der Waals surface area contributed by atoms with E-state index >= 15 is 0 Å². The fraction of sp³-hybridized carbons (Fsp3) is 0.200.